The topological polar surface area (TPSA) is 50.2 Å². The molecule has 90 valence electrons. The summed E-state index contributed by atoms with van der Waals surface area (Å²) in [6, 6.07) is 3.00. The summed E-state index contributed by atoms with van der Waals surface area (Å²) in [6.07, 6.45) is 2.29. The summed E-state index contributed by atoms with van der Waals surface area (Å²) in [5.41, 5.74) is 0.533. The van der Waals surface area contributed by atoms with Crippen LogP contribution in [0.2, 0.25) is 5.15 Å². The van der Waals surface area contributed by atoms with Gasteiger partial charge in [-0.05, 0) is 30.9 Å². The van der Waals surface area contributed by atoms with Gasteiger partial charge in [0.05, 0.1) is 5.56 Å². The Balaban J connectivity index is 0.000000686. The van der Waals surface area contributed by atoms with Crippen molar-refractivity contribution in [1.29, 1.82) is 0 Å². The third kappa shape index (κ3) is 4.08. The zero-order valence-electron chi connectivity index (χ0n) is 9.83. The third-order valence-corrected chi connectivity index (χ3v) is 2.35. The van der Waals surface area contributed by atoms with E-state index in [1.54, 1.807) is 6.07 Å². The van der Waals surface area contributed by atoms with Gasteiger partial charge in [-0.2, -0.15) is 0 Å². The highest BCUT2D eigenvalue weighted by atomic mass is 35.5. The van der Waals surface area contributed by atoms with Crippen LogP contribution >= 0.6 is 11.6 Å². The lowest BCUT2D eigenvalue weighted by atomic mass is 10.2. The van der Waals surface area contributed by atoms with Gasteiger partial charge in [-0.1, -0.05) is 31.4 Å². The number of carboxylic acids is 1. The van der Waals surface area contributed by atoms with Gasteiger partial charge in [0.1, 0.15) is 10.8 Å². The monoisotopic (exact) mass is 251 g/mol. The maximum Gasteiger partial charge on any atom is 0.338 e. The third-order valence-electron chi connectivity index (χ3n) is 2.06. The molecule has 1 aliphatic rings. The highest BCUT2D eigenvalue weighted by molar-refractivity contribution is 6.32. The second-order valence-corrected chi connectivity index (χ2v) is 3.74. The van der Waals surface area contributed by atoms with Crippen molar-refractivity contribution in [1.82, 2.24) is 4.98 Å². The first-order valence-electron chi connectivity index (χ1n) is 5.58. The minimum absolute atomic E-state index is 0.00800. The maximum absolute atomic E-state index is 10.6. The molecule has 17 heavy (non-hydrogen) atoms. The van der Waals surface area contributed by atoms with E-state index in [1.165, 1.54) is 6.07 Å². The molecule has 2 rings (SSSR count). The second-order valence-electron chi connectivity index (χ2n) is 3.38. The normalized spacial score (nSPS) is 12.9. The fourth-order valence-corrected chi connectivity index (χ4v) is 1.30. The molecule has 1 saturated carbocycles. The number of rotatable bonds is 1. The minimum atomic E-state index is -1.07. The zero-order chi connectivity index (χ0) is 12.8. The van der Waals surface area contributed by atoms with Gasteiger partial charge in [-0.3, -0.25) is 0 Å². The Bertz CT molecular complexity index is 470. The summed E-state index contributed by atoms with van der Waals surface area (Å²) in [5, 5.41) is 8.72. The number of nitrogens with zero attached hydrogens (tertiary/aromatic N) is 1. The van der Waals surface area contributed by atoms with Gasteiger partial charge >= 0.3 is 5.97 Å². The molecule has 4 heteroatoms. The molecular formula is C13H14ClNO2. The molecule has 0 aromatic carbocycles. The molecule has 0 bridgehead atoms. The largest absolute Gasteiger partial charge is 0.478 e. The Morgan fingerprint density at radius 1 is 1.47 bits per heavy atom. The fourth-order valence-electron chi connectivity index (χ4n) is 1.07. The quantitative estimate of drug-likeness (QED) is 0.616. The molecule has 0 radical (unpaired) electrons. The summed E-state index contributed by atoms with van der Waals surface area (Å²) in [4.78, 5) is 14.6. The van der Waals surface area contributed by atoms with Crippen LogP contribution in [0.3, 0.4) is 0 Å². The van der Waals surface area contributed by atoms with E-state index in [0.29, 0.717) is 11.6 Å². The van der Waals surface area contributed by atoms with Crippen LogP contribution in [0.25, 0.3) is 0 Å². The maximum atomic E-state index is 10.6. The van der Waals surface area contributed by atoms with Crippen LogP contribution in [0.1, 0.15) is 42.7 Å². The van der Waals surface area contributed by atoms with E-state index >= 15 is 0 Å². The summed E-state index contributed by atoms with van der Waals surface area (Å²) in [7, 11) is 0. The molecule has 1 aromatic rings. The molecule has 1 fully saturated rings. The molecule has 0 unspecified atom stereocenters. The Morgan fingerprint density at radius 2 is 2.12 bits per heavy atom. The van der Waals surface area contributed by atoms with Crippen molar-refractivity contribution in [2.24, 2.45) is 5.92 Å². The molecule has 3 nitrogen and oxygen atoms in total. The lowest BCUT2D eigenvalue weighted by Crippen LogP contribution is -1.99. The molecule has 1 aliphatic carbocycles. The molecule has 0 aliphatic heterocycles. The van der Waals surface area contributed by atoms with Crippen molar-refractivity contribution in [2.45, 2.75) is 26.7 Å². The fraction of sp³-hybridized carbons (Fsp3) is 0.385. The van der Waals surface area contributed by atoms with E-state index in [1.807, 2.05) is 13.8 Å². The van der Waals surface area contributed by atoms with Crippen molar-refractivity contribution < 1.29 is 9.90 Å². The number of aromatic nitrogens is 1. The molecule has 0 spiro atoms. The first-order chi connectivity index (χ1) is 8.16. The van der Waals surface area contributed by atoms with Gasteiger partial charge in [0.25, 0.3) is 0 Å². The van der Waals surface area contributed by atoms with E-state index in [9.17, 15) is 4.79 Å². The van der Waals surface area contributed by atoms with E-state index in [2.05, 4.69) is 16.8 Å². The number of hydrogen-bond acceptors (Lipinski definition) is 2. The van der Waals surface area contributed by atoms with Crippen molar-refractivity contribution >= 4 is 17.6 Å². The number of aromatic carboxylic acids is 1. The zero-order valence-corrected chi connectivity index (χ0v) is 10.6. The summed E-state index contributed by atoms with van der Waals surface area (Å²) in [5.74, 6) is 5.32. The highest BCUT2D eigenvalue weighted by Gasteiger charge is 2.18. The first kappa shape index (κ1) is 13.5. The molecule has 0 saturated heterocycles. The average Bonchev–Trinajstić information content (AvgIpc) is 3.12. The summed E-state index contributed by atoms with van der Waals surface area (Å²) >= 11 is 5.70. The predicted octanol–water partition coefficient (Wildman–Crippen LogP) is 3.22. The Hall–Kier alpha value is -1.53. The standard InChI is InChI=1S/C11H8ClNO2.C2H6/c12-10-9(11(14)15)6-5-8(13-10)4-3-7-1-2-7;1-2/h5-7H,1-2H2,(H,14,15);1-2H3. The lowest BCUT2D eigenvalue weighted by Gasteiger charge is -1.97. The first-order valence-corrected chi connectivity index (χ1v) is 5.96. The SMILES string of the molecule is CC.O=C(O)c1ccc(C#CC2CC2)nc1Cl. The smallest absolute Gasteiger partial charge is 0.338 e. The van der Waals surface area contributed by atoms with Crippen molar-refractivity contribution in [3.8, 4) is 11.8 Å². The van der Waals surface area contributed by atoms with E-state index in [0.717, 1.165) is 12.8 Å². The molecule has 0 atom stereocenters. The number of pyridine rings is 1. The van der Waals surface area contributed by atoms with Gasteiger partial charge in [0.15, 0.2) is 0 Å². The Morgan fingerprint density at radius 3 is 2.59 bits per heavy atom. The predicted molar refractivity (Wildman–Crippen MR) is 67.2 cm³/mol. The summed E-state index contributed by atoms with van der Waals surface area (Å²) in [6.45, 7) is 4.00. The van der Waals surface area contributed by atoms with Gasteiger partial charge in [-0.25, -0.2) is 9.78 Å². The van der Waals surface area contributed by atoms with Gasteiger partial charge < -0.3 is 5.11 Å². The van der Waals surface area contributed by atoms with Crippen molar-refractivity contribution in [3.05, 3.63) is 28.5 Å². The van der Waals surface area contributed by atoms with Crippen LogP contribution in [0, 0.1) is 17.8 Å². The molecular weight excluding hydrogens is 238 g/mol. The molecule has 0 amide bonds. The number of halogens is 1. The van der Waals surface area contributed by atoms with Gasteiger partial charge in [0.2, 0.25) is 0 Å². The Kier molecular flexibility index (Phi) is 4.99. The lowest BCUT2D eigenvalue weighted by molar-refractivity contribution is 0.0696. The van der Waals surface area contributed by atoms with Gasteiger partial charge in [0, 0.05) is 5.92 Å². The minimum Gasteiger partial charge on any atom is -0.478 e. The highest BCUT2D eigenvalue weighted by Crippen LogP contribution is 2.27. The second kappa shape index (κ2) is 6.27. The van der Waals surface area contributed by atoms with Gasteiger partial charge in [-0.15, -0.1) is 0 Å². The average molecular weight is 252 g/mol. The number of carbonyl (C=O) groups is 1. The van der Waals surface area contributed by atoms with Crippen LogP contribution in [0.5, 0.6) is 0 Å². The van der Waals surface area contributed by atoms with Crippen molar-refractivity contribution in [2.75, 3.05) is 0 Å². The van der Waals surface area contributed by atoms with Crippen LogP contribution in [-0.2, 0) is 0 Å². The number of hydrogen-bond donors (Lipinski definition) is 1. The van der Waals surface area contributed by atoms with E-state index < -0.39 is 5.97 Å². The summed E-state index contributed by atoms with van der Waals surface area (Å²) < 4.78 is 0. The van der Waals surface area contributed by atoms with Crippen molar-refractivity contribution in [3.63, 3.8) is 0 Å². The molecule has 1 aromatic heterocycles. The van der Waals surface area contributed by atoms with Crippen LogP contribution in [-0.4, -0.2) is 16.1 Å². The van der Waals surface area contributed by atoms with Crippen LogP contribution < -0.4 is 0 Å². The molecule has 1 N–H and O–H groups in total. The van der Waals surface area contributed by atoms with E-state index in [4.69, 9.17) is 16.7 Å². The van der Waals surface area contributed by atoms with E-state index in [-0.39, 0.29) is 10.7 Å². The number of carboxylic acid groups (broad SMARTS) is 1. The Labute approximate surface area is 106 Å². The van der Waals surface area contributed by atoms with Crippen LogP contribution in [0.4, 0.5) is 0 Å². The molecule has 1 heterocycles. The van der Waals surface area contributed by atoms with Crippen LogP contribution in [0.15, 0.2) is 12.1 Å².